The maximum Gasteiger partial charge on any atom is 0.0700 e. The normalized spacial score (nSPS) is 38.5. The predicted molar refractivity (Wildman–Crippen MR) is 71.0 cm³/mol. The zero-order chi connectivity index (χ0) is 12.5. The van der Waals surface area contributed by atoms with Gasteiger partial charge in [0.15, 0.2) is 0 Å². The Bertz CT molecular complexity index is 267. The van der Waals surface area contributed by atoms with Crippen LogP contribution in [0.2, 0.25) is 0 Å². The highest BCUT2D eigenvalue weighted by Crippen LogP contribution is 2.46. The van der Waals surface area contributed by atoms with Crippen LogP contribution in [0.4, 0.5) is 0 Å². The highest BCUT2D eigenvalue weighted by atomic mass is 16.5. The maximum atomic E-state index is 6.13. The van der Waals surface area contributed by atoms with Crippen molar-refractivity contribution in [2.45, 2.75) is 58.1 Å². The molecule has 2 fully saturated rings. The van der Waals surface area contributed by atoms with E-state index in [0.29, 0.717) is 11.5 Å². The Kier molecular flexibility index (Phi) is 3.81. The summed E-state index contributed by atoms with van der Waals surface area (Å²) in [7, 11) is 0. The molecule has 0 amide bonds. The fraction of sp³-hybridized carbons (Fsp3) is 1.00. The van der Waals surface area contributed by atoms with Crippen molar-refractivity contribution in [1.29, 1.82) is 0 Å². The van der Waals surface area contributed by atoms with E-state index in [1.54, 1.807) is 0 Å². The van der Waals surface area contributed by atoms with Gasteiger partial charge in [-0.15, -0.1) is 0 Å². The molecule has 1 saturated heterocycles. The molecule has 100 valence electrons. The van der Waals surface area contributed by atoms with Crippen LogP contribution in [0.15, 0.2) is 0 Å². The Balaban J connectivity index is 2.08. The minimum absolute atomic E-state index is 0.251. The third-order valence-electron chi connectivity index (χ3n) is 4.72. The first-order valence-electron chi connectivity index (χ1n) is 7.08. The zero-order valence-corrected chi connectivity index (χ0v) is 11.7. The van der Waals surface area contributed by atoms with Crippen molar-refractivity contribution in [2.75, 3.05) is 26.2 Å². The van der Waals surface area contributed by atoms with Gasteiger partial charge in [-0.1, -0.05) is 20.8 Å². The third-order valence-corrected chi connectivity index (χ3v) is 4.72. The van der Waals surface area contributed by atoms with Gasteiger partial charge < -0.3 is 10.5 Å². The molecular weight excluding hydrogens is 212 g/mol. The van der Waals surface area contributed by atoms with Crippen LogP contribution < -0.4 is 5.73 Å². The Hall–Kier alpha value is -0.120. The van der Waals surface area contributed by atoms with Crippen LogP contribution in [0.25, 0.3) is 0 Å². The predicted octanol–water partition coefficient (Wildman–Crippen LogP) is 2.00. The minimum Gasteiger partial charge on any atom is -0.376 e. The molecule has 1 aliphatic carbocycles. The highest BCUT2D eigenvalue weighted by molar-refractivity contribution is 5.03. The lowest BCUT2D eigenvalue weighted by Gasteiger charge is -2.45. The van der Waals surface area contributed by atoms with Gasteiger partial charge in [0.25, 0.3) is 0 Å². The lowest BCUT2D eigenvalue weighted by atomic mass is 9.86. The molecule has 2 N–H and O–H groups in total. The zero-order valence-electron chi connectivity index (χ0n) is 11.7. The summed E-state index contributed by atoms with van der Waals surface area (Å²) in [6.45, 7) is 10.8. The van der Waals surface area contributed by atoms with Gasteiger partial charge in [-0.3, -0.25) is 4.90 Å². The van der Waals surface area contributed by atoms with Crippen molar-refractivity contribution in [1.82, 2.24) is 4.90 Å². The monoisotopic (exact) mass is 240 g/mol. The van der Waals surface area contributed by atoms with Crippen molar-refractivity contribution < 1.29 is 4.74 Å². The number of nitrogens with zero attached hydrogens (tertiary/aromatic N) is 1. The van der Waals surface area contributed by atoms with E-state index in [0.717, 1.165) is 32.7 Å². The summed E-state index contributed by atoms with van der Waals surface area (Å²) in [4.78, 5) is 2.62. The van der Waals surface area contributed by atoms with Crippen LogP contribution in [-0.2, 0) is 4.74 Å². The number of hydrogen-bond acceptors (Lipinski definition) is 3. The second kappa shape index (κ2) is 4.87. The van der Waals surface area contributed by atoms with Crippen molar-refractivity contribution in [2.24, 2.45) is 11.1 Å². The fourth-order valence-corrected chi connectivity index (χ4v) is 3.61. The molecular formula is C14H28N2O. The van der Waals surface area contributed by atoms with Crippen molar-refractivity contribution >= 4 is 0 Å². The molecule has 0 radical (unpaired) electrons. The molecule has 1 saturated carbocycles. The molecule has 0 aromatic carbocycles. The number of nitrogens with two attached hydrogens (primary N) is 1. The van der Waals surface area contributed by atoms with Crippen LogP contribution in [0.3, 0.4) is 0 Å². The van der Waals surface area contributed by atoms with Crippen LogP contribution >= 0.6 is 0 Å². The molecule has 2 unspecified atom stereocenters. The Morgan fingerprint density at radius 1 is 1.35 bits per heavy atom. The number of ether oxygens (including phenoxy) is 1. The van der Waals surface area contributed by atoms with Gasteiger partial charge in [-0.2, -0.15) is 0 Å². The largest absolute Gasteiger partial charge is 0.376 e. The van der Waals surface area contributed by atoms with Gasteiger partial charge in [0, 0.05) is 25.2 Å². The second-order valence-corrected chi connectivity index (χ2v) is 6.62. The molecule has 3 nitrogen and oxygen atoms in total. The van der Waals surface area contributed by atoms with E-state index in [2.05, 4.69) is 25.7 Å². The summed E-state index contributed by atoms with van der Waals surface area (Å²) in [5.74, 6) is 0. The van der Waals surface area contributed by atoms with E-state index in [1.165, 1.54) is 19.3 Å². The molecule has 0 aromatic heterocycles. The Morgan fingerprint density at radius 2 is 2.12 bits per heavy atom. The van der Waals surface area contributed by atoms with E-state index in [1.807, 2.05) is 0 Å². The van der Waals surface area contributed by atoms with Gasteiger partial charge >= 0.3 is 0 Å². The standard InChI is InChI=1S/C14H28N2O/c1-4-12-9-16(7-8-17-12)14(11-15)6-5-13(2,3)10-14/h12H,4-11,15H2,1-3H3. The lowest BCUT2D eigenvalue weighted by molar-refractivity contribution is -0.0697. The molecule has 1 aliphatic heterocycles. The quantitative estimate of drug-likeness (QED) is 0.820. The fourth-order valence-electron chi connectivity index (χ4n) is 3.61. The third kappa shape index (κ3) is 2.67. The Morgan fingerprint density at radius 3 is 2.65 bits per heavy atom. The number of morpholine rings is 1. The lowest BCUT2D eigenvalue weighted by Crippen LogP contribution is -2.58. The van der Waals surface area contributed by atoms with Crippen molar-refractivity contribution in [3.63, 3.8) is 0 Å². The van der Waals surface area contributed by atoms with Crippen molar-refractivity contribution in [3.05, 3.63) is 0 Å². The average Bonchev–Trinajstić information content (AvgIpc) is 2.66. The second-order valence-electron chi connectivity index (χ2n) is 6.62. The highest BCUT2D eigenvalue weighted by Gasteiger charge is 2.47. The summed E-state index contributed by atoms with van der Waals surface area (Å²) >= 11 is 0. The van der Waals surface area contributed by atoms with Gasteiger partial charge in [-0.25, -0.2) is 0 Å². The molecule has 2 aliphatic rings. The van der Waals surface area contributed by atoms with E-state index in [4.69, 9.17) is 10.5 Å². The maximum absolute atomic E-state index is 6.13. The molecule has 0 spiro atoms. The first kappa shape index (κ1) is 13.3. The van der Waals surface area contributed by atoms with E-state index in [9.17, 15) is 0 Å². The van der Waals surface area contributed by atoms with Crippen LogP contribution in [-0.4, -0.2) is 42.8 Å². The molecule has 2 rings (SSSR count). The van der Waals surface area contributed by atoms with E-state index < -0.39 is 0 Å². The molecule has 3 heteroatoms. The van der Waals surface area contributed by atoms with Gasteiger partial charge in [0.2, 0.25) is 0 Å². The molecule has 0 bridgehead atoms. The topological polar surface area (TPSA) is 38.5 Å². The first-order valence-corrected chi connectivity index (χ1v) is 7.08. The smallest absolute Gasteiger partial charge is 0.0700 e. The SMILES string of the molecule is CCC1CN(C2(CN)CCC(C)(C)C2)CCO1. The Labute approximate surface area is 106 Å². The summed E-state index contributed by atoms with van der Waals surface area (Å²) in [5, 5.41) is 0. The van der Waals surface area contributed by atoms with Gasteiger partial charge in [0.05, 0.1) is 12.7 Å². The number of hydrogen-bond donors (Lipinski definition) is 1. The van der Waals surface area contributed by atoms with Crippen molar-refractivity contribution in [3.8, 4) is 0 Å². The summed E-state index contributed by atoms with van der Waals surface area (Å²) in [5.41, 5.74) is 6.83. The summed E-state index contributed by atoms with van der Waals surface area (Å²) in [6.07, 6.45) is 5.33. The van der Waals surface area contributed by atoms with Crippen LogP contribution in [0.1, 0.15) is 46.5 Å². The minimum atomic E-state index is 0.251. The summed E-state index contributed by atoms with van der Waals surface area (Å²) < 4.78 is 5.78. The average molecular weight is 240 g/mol. The van der Waals surface area contributed by atoms with Crippen LogP contribution in [0, 0.1) is 5.41 Å². The van der Waals surface area contributed by atoms with E-state index >= 15 is 0 Å². The molecule has 1 heterocycles. The molecule has 2 atom stereocenters. The molecule has 17 heavy (non-hydrogen) atoms. The van der Waals surface area contributed by atoms with E-state index in [-0.39, 0.29) is 5.54 Å². The first-order chi connectivity index (χ1) is 8.01. The van der Waals surface area contributed by atoms with Crippen LogP contribution in [0.5, 0.6) is 0 Å². The molecule has 0 aromatic rings. The van der Waals surface area contributed by atoms with Gasteiger partial charge in [0.1, 0.15) is 0 Å². The summed E-state index contributed by atoms with van der Waals surface area (Å²) in [6, 6.07) is 0. The van der Waals surface area contributed by atoms with Gasteiger partial charge in [-0.05, 0) is 31.1 Å². The number of rotatable bonds is 3.